The highest BCUT2D eigenvalue weighted by atomic mass is 16.6. The zero-order valence-electron chi connectivity index (χ0n) is 10.5. The number of fused-ring (bicyclic) bond motifs is 1. The van der Waals surface area contributed by atoms with Crippen molar-refractivity contribution < 1.29 is 9.53 Å². The van der Waals surface area contributed by atoms with Crippen LogP contribution in [0.2, 0.25) is 0 Å². The van der Waals surface area contributed by atoms with Gasteiger partial charge in [0.1, 0.15) is 12.1 Å². The molecule has 0 saturated heterocycles. The highest BCUT2D eigenvalue weighted by Gasteiger charge is 2.26. The largest absolute Gasteiger partial charge is 0.444 e. The Bertz CT molecular complexity index is 420. The molecule has 0 bridgehead atoms. The zero-order chi connectivity index (χ0) is 12.5. The first-order chi connectivity index (χ1) is 7.96. The van der Waals surface area contributed by atoms with E-state index in [0.717, 1.165) is 5.56 Å². The van der Waals surface area contributed by atoms with Gasteiger partial charge in [0.05, 0.1) is 6.54 Å². The fraction of sp³-hybridized carbons (Fsp3) is 0.429. The molecule has 17 heavy (non-hydrogen) atoms. The molecule has 0 N–H and O–H groups in total. The van der Waals surface area contributed by atoms with Crippen LogP contribution in [0.15, 0.2) is 24.3 Å². The number of nitrogens with zero attached hydrogens (tertiary/aromatic N) is 1. The smallest absolute Gasteiger partial charge is 0.411 e. The number of rotatable bonds is 0. The third-order valence-corrected chi connectivity index (χ3v) is 2.52. The second kappa shape index (κ2) is 4.40. The zero-order valence-corrected chi connectivity index (χ0v) is 10.5. The Kier molecular flexibility index (Phi) is 3.09. The highest BCUT2D eigenvalue weighted by Crippen LogP contribution is 2.22. The second-order valence-electron chi connectivity index (χ2n) is 5.17. The third kappa shape index (κ3) is 2.99. The van der Waals surface area contributed by atoms with Gasteiger partial charge in [0, 0.05) is 6.42 Å². The summed E-state index contributed by atoms with van der Waals surface area (Å²) in [5, 5.41) is 0. The molecule has 3 nitrogen and oxygen atoms in total. The Balaban J connectivity index is 2.05. The molecule has 0 unspecified atom stereocenters. The van der Waals surface area contributed by atoms with Gasteiger partial charge in [-0.15, -0.1) is 0 Å². The van der Waals surface area contributed by atoms with Crippen molar-refractivity contribution in [3.63, 3.8) is 0 Å². The number of hydrogen-bond acceptors (Lipinski definition) is 2. The van der Waals surface area contributed by atoms with Gasteiger partial charge in [0.2, 0.25) is 0 Å². The predicted molar refractivity (Wildman–Crippen MR) is 65.2 cm³/mol. The molecule has 0 aromatic heterocycles. The Morgan fingerprint density at radius 1 is 1.29 bits per heavy atom. The van der Waals surface area contributed by atoms with Crippen LogP contribution in [0.4, 0.5) is 4.79 Å². The summed E-state index contributed by atoms with van der Waals surface area (Å²) in [6.45, 7) is 9.19. The van der Waals surface area contributed by atoms with E-state index in [1.807, 2.05) is 39.0 Å². The molecular weight excluding hydrogens is 214 g/mol. The summed E-state index contributed by atoms with van der Waals surface area (Å²) in [7, 11) is 0. The van der Waals surface area contributed by atoms with E-state index in [2.05, 4.69) is 12.6 Å². The Hall–Kier alpha value is -1.51. The monoisotopic (exact) mass is 231 g/mol. The summed E-state index contributed by atoms with van der Waals surface area (Å²) in [4.78, 5) is 13.4. The first-order valence-corrected chi connectivity index (χ1v) is 5.76. The van der Waals surface area contributed by atoms with Gasteiger partial charge in [-0.3, -0.25) is 4.90 Å². The van der Waals surface area contributed by atoms with Crippen molar-refractivity contribution in [2.24, 2.45) is 0 Å². The minimum atomic E-state index is -0.463. The average Bonchev–Trinajstić information content (AvgIpc) is 2.26. The normalized spacial score (nSPS) is 15.4. The van der Waals surface area contributed by atoms with Crippen LogP contribution < -0.4 is 0 Å². The maximum Gasteiger partial charge on any atom is 0.411 e. The van der Waals surface area contributed by atoms with E-state index in [9.17, 15) is 4.79 Å². The van der Waals surface area contributed by atoms with E-state index in [0.29, 0.717) is 13.0 Å². The number of amides is 1. The molecule has 1 aromatic rings. The van der Waals surface area contributed by atoms with Gasteiger partial charge in [-0.2, -0.15) is 0 Å². The third-order valence-electron chi connectivity index (χ3n) is 2.52. The lowest BCUT2D eigenvalue weighted by atomic mass is 10.0. The molecular formula is C14H17NO2. The summed E-state index contributed by atoms with van der Waals surface area (Å²) < 4.78 is 5.32. The molecule has 1 aliphatic heterocycles. The molecule has 0 atom stereocenters. The molecule has 90 valence electrons. The summed E-state index contributed by atoms with van der Waals surface area (Å²) in [5.41, 5.74) is 1.93. The van der Waals surface area contributed by atoms with Crippen LogP contribution in [0, 0.1) is 6.54 Å². The molecule has 1 amide bonds. The summed E-state index contributed by atoms with van der Waals surface area (Å²) in [6, 6.07) is 8.09. The van der Waals surface area contributed by atoms with Crippen LogP contribution in [-0.4, -0.2) is 16.6 Å². The Morgan fingerprint density at radius 3 is 2.59 bits per heavy atom. The highest BCUT2D eigenvalue weighted by molar-refractivity contribution is 5.69. The van der Waals surface area contributed by atoms with Crippen LogP contribution in [0.3, 0.4) is 0 Å². The molecule has 1 aromatic carbocycles. The van der Waals surface area contributed by atoms with Crippen molar-refractivity contribution in [1.82, 2.24) is 4.90 Å². The van der Waals surface area contributed by atoms with Crippen molar-refractivity contribution in [1.29, 1.82) is 0 Å². The van der Waals surface area contributed by atoms with Crippen LogP contribution >= 0.6 is 0 Å². The van der Waals surface area contributed by atoms with Gasteiger partial charge < -0.3 is 4.74 Å². The maximum absolute atomic E-state index is 11.9. The first-order valence-electron chi connectivity index (χ1n) is 5.76. The lowest BCUT2D eigenvalue weighted by Gasteiger charge is -2.30. The SMILES string of the molecule is CC(C)(C)OC(=O)N1[C]Cc2ccccc2C1. The van der Waals surface area contributed by atoms with Crippen molar-refractivity contribution in [3.8, 4) is 0 Å². The second-order valence-corrected chi connectivity index (χ2v) is 5.17. The number of benzene rings is 1. The molecule has 3 heteroatoms. The molecule has 0 saturated carbocycles. The lowest BCUT2D eigenvalue weighted by Crippen LogP contribution is -2.37. The molecule has 0 fully saturated rings. The van der Waals surface area contributed by atoms with E-state index in [-0.39, 0.29) is 6.09 Å². The summed E-state index contributed by atoms with van der Waals surface area (Å²) in [5.74, 6) is 0. The van der Waals surface area contributed by atoms with Crippen LogP contribution in [0.25, 0.3) is 0 Å². The molecule has 0 spiro atoms. The first kappa shape index (κ1) is 12.0. The predicted octanol–water partition coefficient (Wildman–Crippen LogP) is 3.02. The van der Waals surface area contributed by atoms with E-state index < -0.39 is 5.60 Å². The van der Waals surface area contributed by atoms with Gasteiger partial charge >= 0.3 is 6.09 Å². The minimum absolute atomic E-state index is 0.327. The quantitative estimate of drug-likeness (QED) is 0.687. The fourth-order valence-corrected chi connectivity index (χ4v) is 1.74. The summed E-state index contributed by atoms with van der Waals surface area (Å²) >= 11 is 0. The van der Waals surface area contributed by atoms with E-state index in [1.54, 1.807) is 0 Å². The number of carbonyl (C=O) groups excluding carboxylic acids is 1. The van der Waals surface area contributed by atoms with E-state index in [4.69, 9.17) is 4.74 Å². The van der Waals surface area contributed by atoms with Crippen molar-refractivity contribution >= 4 is 6.09 Å². The van der Waals surface area contributed by atoms with Crippen LogP contribution in [0.1, 0.15) is 31.9 Å². The van der Waals surface area contributed by atoms with Gasteiger partial charge in [0.15, 0.2) is 0 Å². The summed E-state index contributed by atoms with van der Waals surface area (Å²) in [6.07, 6.45) is 0.335. The maximum atomic E-state index is 11.9. The van der Waals surface area contributed by atoms with E-state index in [1.165, 1.54) is 10.5 Å². The molecule has 1 heterocycles. The standard InChI is InChI=1S/C14H17NO2/c1-14(2,3)17-13(16)15-9-8-11-6-4-5-7-12(11)10-15/h4-7H,8,10H2,1-3H3. The van der Waals surface area contributed by atoms with Gasteiger partial charge in [-0.05, 0) is 31.9 Å². The molecule has 2 rings (SSSR count). The van der Waals surface area contributed by atoms with Gasteiger partial charge in [0.25, 0.3) is 0 Å². The Labute approximate surface area is 102 Å². The lowest BCUT2D eigenvalue weighted by molar-refractivity contribution is 0.0279. The molecule has 0 aliphatic carbocycles. The van der Waals surface area contributed by atoms with Gasteiger partial charge in [-0.1, -0.05) is 24.3 Å². The molecule has 2 radical (unpaired) electrons. The van der Waals surface area contributed by atoms with Crippen molar-refractivity contribution in [3.05, 3.63) is 41.9 Å². The minimum Gasteiger partial charge on any atom is -0.444 e. The topological polar surface area (TPSA) is 29.5 Å². The fourth-order valence-electron chi connectivity index (χ4n) is 1.74. The van der Waals surface area contributed by atoms with Crippen LogP contribution in [0.5, 0.6) is 0 Å². The van der Waals surface area contributed by atoms with E-state index >= 15 is 0 Å². The Morgan fingerprint density at radius 2 is 1.94 bits per heavy atom. The van der Waals surface area contributed by atoms with Crippen molar-refractivity contribution in [2.45, 2.75) is 39.3 Å². The van der Waals surface area contributed by atoms with Crippen molar-refractivity contribution in [2.75, 3.05) is 0 Å². The number of hydrogen-bond donors (Lipinski definition) is 0. The van der Waals surface area contributed by atoms with Gasteiger partial charge in [-0.25, -0.2) is 4.79 Å². The number of carbonyl (C=O) groups is 1. The number of ether oxygens (including phenoxy) is 1. The average molecular weight is 231 g/mol. The van der Waals surface area contributed by atoms with Crippen LogP contribution in [-0.2, 0) is 17.7 Å². The molecule has 1 aliphatic rings.